The maximum Gasteiger partial charge on any atom is 0.139 e. The summed E-state index contributed by atoms with van der Waals surface area (Å²) in [5.74, 6) is -0.305. The van der Waals surface area contributed by atoms with Gasteiger partial charge in [0.05, 0.1) is 15.8 Å². The van der Waals surface area contributed by atoms with Crippen LogP contribution in [-0.2, 0) is 0 Å². The van der Waals surface area contributed by atoms with Gasteiger partial charge in [0.25, 0.3) is 0 Å². The van der Waals surface area contributed by atoms with Gasteiger partial charge in [-0.05, 0) is 58.7 Å². The Morgan fingerprint density at radius 3 is 2.59 bits per heavy atom. The fraction of sp³-hybridized carbons (Fsp3) is 0.0769. The van der Waals surface area contributed by atoms with E-state index in [2.05, 4.69) is 21.2 Å². The summed E-state index contributed by atoms with van der Waals surface area (Å²) in [6.45, 7) is 1.97. The summed E-state index contributed by atoms with van der Waals surface area (Å²) in [5, 5.41) is 3.08. The molecule has 0 aliphatic heterocycles. The summed E-state index contributed by atoms with van der Waals surface area (Å²) >= 11 is 3.11. The predicted octanol–water partition coefficient (Wildman–Crippen LogP) is 4.22. The third-order valence-electron chi connectivity index (χ3n) is 2.41. The van der Waals surface area contributed by atoms with E-state index in [1.54, 1.807) is 12.1 Å². The van der Waals surface area contributed by atoms with Crippen LogP contribution in [0.25, 0.3) is 0 Å². The number of hydrogen-bond donors (Lipinski definition) is 2. The molecule has 0 heterocycles. The van der Waals surface area contributed by atoms with Crippen molar-refractivity contribution in [1.82, 2.24) is 0 Å². The van der Waals surface area contributed by atoms with Gasteiger partial charge >= 0.3 is 0 Å². The van der Waals surface area contributed by atoms with Gasteiger partial charge in [0, 0.05) is 5.69 Å². The average molecular weight is 295 g/mol. The summed E-state index contributed by atoms with van der Waals surface area (Å²) in [6, 6.07) is 10.6. The topological polar surface area (TPSA) is 38.0 Å². The van der Waals surface area contributed by atoms with Gasteiger partial charge in [0.15, 0.2) is 0 Å². The number of nitrogen functional groups attached to an aromatic ring is 1. The lowest BCUT2D eigenvalue weighted by Gasteiger charge is -2.10. The molecule has 0 atom stereocenters. The number of hydrogen-bond acceptors (Lipinski definition) is 2. The van der Waals surface area contributed by atoms with E-state index < -0.39 is 0 Å². The SMILES string of the molecule is Cc1ccc(Nc2ccc(Br)c(F)c2)c(N)c1. The molecule has 17 heavy (non-hydrogen) atoms. The first-order chi connectivity index (χ1) is 8.06. The highest BCUT2D eigenvalue weighted by Gasteiger charge is 2.03. The lowest BCUT2D eigenvalue weighted by atomic mass is 10.2. The molecule has 88 valence electrons. The van der Waals surface area contributed by atoms with Crippen molar-refractivity contribution < 1.29 is 4.39 Å². The van der Waals surface area contributed by atoms with Crippen LogP contribution in [0.2, 0.25) is 0 Å². The van der Waals surface area contributed by atoms with Crippen molar-refractivity contribution in [2.24, 2.45) is 0 Å². The van der Waals surface area contributed by atoms with Crippen LogP contribution in [0.1, 0.15) is 5.56 Å². The molecule has 0 aliphatic rings. The fourth-order valence-corrected chi connectivity index (χ4v) is 1.77. The molecule has 2 aromatic carbocycles. The van der Waals surface area contributed by atoms with Crippen molar-refractivity contribution in [3.05, 3.63) is 52.3 Å². The number of anilines is 3. The van der Waals surface area contributed by atoms with Gasteiger partial charge in [-0.2, -0.15) is 0 Å². The molecular weight excluding hydrogens is 283 g/mol. The monoisotopic (exact) mass is 294 g/mol. The standard InChI is InChI=1S/C13H12BrFN2/c1-8-2-5-13(12(16)6-8)17-9-3-4-10(14)11(15)7-9/h2-7,17H,16H2,1H3. The molecule has 0 amide bonds. The molecule has 0 aliphatic carbocycles. The van der Waals surface area contributed by atoms with E-state index in [4.69, 9.17) is 5.73 Å². The molecule has 2 nitrogen and oxygen atoms in total. The molecule has 0 unspecified atom stereocenters. The minimum Gasteiger partial charge on any atom is -0.397 e. The molecule has 0 saturated heterocycles. The second kappa shape index (κ2) is 4.75. The Morgan fingerprint density at radius 2 is 1.94 bits per heavy atom. The lowest BCUT2D eigenvalue weighted by Crippen LogP contribution is -1.97. The second-order valence-electron chi connectivity index (χ2n) is 3.84. The zero-order chi connectivity index (χ0) is 12.4. The maximum absolute atomic E-state index is 13.3. The van der Waals surface area contributed by atoms with Gasteiger partial charge in [-0.15, -0.1) is 0 Å². The fourth-order valence-electron chi connectivity index (χ4n) is 1.53. The van der Waals surface area contributed by atoms with Crippen LogP contribution in [0.3, 0.4) is 0 Å². The molecule has 2 rings (SSSR count). The molecule has 3 N–H and O–H groups in total. The van der Waals surface area contributed by atoms with Crippen molar-refractivity contribution in [2.45, 2.75) is 6.92 Å². The molecule has 0 saturated carbocycles. The van der Waals surface area contributed by atoms with E-state index in [1.165, 1.54) is 6.07 Å². The number of nitrogens with one attached hydrogen (secondary N) is 1. The third kappa shape index (κ3) is 2.77. The first-order valence-corrected chi connectivity index (χ1v) is 5.94. The number of halogens is 2. The summed E-state index contributed by atoms with van der Waals surface area (Å²) in [7, 11) is 0. The van der Waals surface area contributed by atoms with E-state index in [9.17, 15) is 4.39 Å². The van der Waals surface area contributed by atoms with Crippen molar-refractivity contribution in [1.29, 1.82) is 0 Å². The Kier molecular flexibility index (Phi) is 3.33. The normalized spacial score (nSPS) is 10.3. The highest BCUT2D eigenvalue weighted by atomic mass is 79.9. The quantitative estimate of drug-likeness (QED) is 0.814. The van der Waals surface area contributed by atoms with Crippen molar-refractivity contribution in [3.8, 4) is 0 Å². The van der Waals surface area contributed by atoms with E-state index in [0.29, 0.717) is 15.8 Å². The Balaban J connectivity index is 2.28. The summed E-state index contributed by atoms with van der Waals surface area (Å²) in [4.78, 5) is 0. The largest absolute Gasteiger partial charge is 0.397 e. The molecule has 4 heteroatoms. The Labute approximate surface area is 108 Å². The van der Waals surface area contributed by atoms with Gasteiger partial charge in [-0.25, -0.2) is 4.39 Å². The van der Waals surface area contributed by atoms with Gasteiger partial charge in [0.2, 0.25) is 0 Å². The zero-order valence-electron chi connectivity index (χ0n) is 9.30. The Hall–Kier alpha value is -1.55. The van der Waals surface area contributed by atoms with E-state index >= 15 is 0 Å². The van der Waals surface area contributed by atoms with Crippen LogP contribution in [0.4, 0.5) is 21.5 Å². The average Bonchev–Trinajstić information content (AvgIpc) is 2.27. The number of benzene rings is 2. The Morgan fingerprint density at radius 1 is 1.18 bits per heavy atom. The van der Waals surface area contributed by atoms with Crippen LogP contribution in [0.5, 0.6) is 0 Å². The van der Waals surface area contributed by atoms with E-state index in [1.807, 2.05) is 25.1 Å². The first kappa shape index (κ1) is 11.9. The maximum atomic E-state index is 13.3. The minimum absolute atomic E-state index is 0.305. The van der Waals surface area contributed by atoms with Gasteiger partial charge < -0.3 is 11.1 Å². The molecule has 0 bridgehead atoms. The second-order valence-corrected chi connectivity index (χ2v) is 4.70. The zero-order valence-corrected chi connectivity index (χ0v) is 10.9. The van der Waals surface area contributed by atoms with Crippen molar-refractivity contribution >= 4 is 33.0 Å². The van der Waals surface area contributed by atoms with Crippen LogP contribution in [0.15, 0.2) is 40.9 Å². The highest BCUT2D eigenvalue weighted by molar-refractivity contribution is 9.10. The van der Waals surface area contributed by atoms with Crippen LogP contribution in [0, 0.1) is 12.7 Å². The van der Waals surface area contributed by atoms with E-state index in [0.717, 1.165) is 11.3 Å². The summed E-state index contributed by atoms with van der Waals surface area (Å²) in [6.07, 6.45) is 0. The van der Waals surface area contributed by atoms with Crippen LogP contribution < -0.4 is 11.1 Å². The third-order valence-corrected chi connectivity index (χ3v) is 3.05. The van der Waals surface area contributed by atoms with Crippen molar-refractivity contribution in [2.75, 3.05) is 11.1 Å². The molecule has 0 aromatic heterocycles. The van der Waals surface area contributed by atoms with Crippen LogP contribution in [-0.4, -0.2) is 0 Å². The van der Waals surface area contributed by atoms with Crippen molar-refractivity contribution in [3.63, 3.8) is 0 Å². The smallest absolute Gasteiger partial charge is 0.139 e. The van der Waals surface area contributed by atoms with Gasteiger partial charge in [0.1, 0.15) is 5.82 Å². The van der Waals surface area contributed by atoms with E-state index in [-0.39, 0.29) is 5.82 Å². The molecule has 0 radical (unpaired) electrons. The number of rotatable bonds is 2. The first-order valence-electron chi connectivity index (χ1n) is 5.14. The molecule has 2 aromatic rings. The summed E-state index contributed by atoms with van der Waals surface area (Å²) < 4.78 is 13.8. The molecule has 0 fully saturated rings. The van der Waals surface area contributed by atoms with Gasteiger partial charge in [-0.3, -0.25) is 0 Å². The Bertz CT molecular complexity index is 555. The van der Waals surface area contributed by atoms with Gasteiger partial charge in [-0.1, -0.05) is 6.07 Å². The number of nitrogens with two attached hydrogens (primary N) is 1. The molecular formula is C13H12BrFN2. The highest BCUT2D eigenvalue weighted by Crippen LogP contribution is 2.26. The summed E-state index contributed by atoms with van der Waals surface area (Å²) in [5.41, 5.74) is 9.05. The minimum atomic E-state index is -0.305. The lowest BCUT2D eigenvalue weighted by molar-refractivity contribution is 0.622. The number of aryl methyl sites for hydroxylation is 1. The van der Waals surface area contributed by atoms with Crippen LogP contribution >= 0.6 is 15.9 Å². The molecule has 0 spiro atoms. The predicted molar refractivity (Wildman–Crippen MR) is 73.0 cm³/mol.